The van der Waals surface area contributed by atoms with Gasteiger partial charge in [0.15, 0.2) is 0 Å². The lowest BCUT2D eigenvalue weighted by Gasteiger charge is -2.26. The van der Waals surface area contributed by atoms with Crippen LogP contribution in [0, 0.1) is 0 Å². The van der Waals surface area contributed by atoms with Crippen molar-refractivity contribution in [2.45, 2.75) is 70.9 Å². The third kappa shape index (κ3) is 3.35. The Morgan fingerprint density at radius 1 is 1.06 bits per heavy atom. The van der Waals surface area contributed by atoms with Crippen molar-refractivity contribution in [3.63, 3.8) is 0 Å². The Morgan fingerprint density at radius 2 is 1.61 bits per heavy atom. The lowest BCUT2D eigenvalue weighted by Crippen LogP contribution is -2.38. The predicted octanol–water partition coefficient (Wildman–Crippen LogP) is 4.41. The minimum atomic E-state index is 0.253. The Kier molecular flexibility index (Phi) is 3.82. The maximum Gasteiger partial charge on any atom is 0.0210 e. The largest absolute Gasteiger partial charge is 0.307 e. The Morgan fingerprint density at radius 3 is 2.11 bits per heavy atom. The molecule has 18 heavy (non-hydrogen) atoms. The number of hydrogen-bond donors (Lipinski definition) is 1. The summed E-state index contributed by atoms with van der Waals surface area (Å²) >= 11 is 0. The van der Waals surface area contributed by atoms with Gasteiger partial charge in [-0.15, -0.1) is 0 Å². The molecule has 1 fully saturated rings. The second kappa shape index (κ2) is 5.05. The fourth-order valence-electron chi connectivity index (χ4n) is 2.77. The smallest absolute Gasteiger partial charge is 0.0210 e. The average Bonchev–Trinajstić information content (AvgIpc) is 2.74. The van der Waals surface area contributed by atoms with E-state index in [4.69, 9.17) is 0 Å². The van der Waals surface area contributed by atoms with Gasteiger partial charge in [0.05, 0.1) is 0 Å². The summed E-state index contributed by atoms with van der Waals surface area (Å²) in [7, 11) is 0. The fourth-order valence-corrected chi connectivity index (χ4v) is 2.77. The van der Waals surface area contributed by atoms with Crippen LogP contribution in [0.1, 0.15) is 64.5 Å². The predicted molar refractivity (Wildman–Crippen MR) is 78.9 cm³/mol. The van der Waals surface area contributed by atoms with E-state index in [1.165, 1.54) is 36.8 Å². The molecule has 1 aliphatic carbocycles. The SMILES string of the molecule is CC1(NCc2ccc(C(C)(C)C)cc2)CCCC1. The minimum Gasteiger partial charge on any atom is -0.307 e. The van der Waals surface area contributed by atoms with Gasteiger partial charge in [-0.1, -0.05) is 57.9 Å². The summed E-state index contributed by atoms with van der Waals surface area (Å²) in [4.78, 5) is 0. The van der Waals surface area contributed by atoms with Crippen molar-refractivity contribution < 1.29 is 0 Å². The van der Waals surface area contributed by atoms with Gasteiger partial charge in [0, 0.05) is 12.1 Å². The van der Waals surface area contributed by atoms with Crippen molar-refractivity contribution in [2.75, 3.05) is 0 Å². The number of hydrogen-bond acceptors (Lipinski definition) is 1. The van der Waals surface area contributed by atoms with Crippen molar-refractivity contribution in [2.24, 2.45) is 0 Å². The molecule has 0 spiro atoms. The van der Waals surface area contributed by atoms with Crippen molar-refractivity contribution >= 4 is 0 Å². The van der Waals surface area contributed by atoms with Gasteiger partial charge < -0.3 is 5.32 Å². The Labute approximate surface area is 112 Å². The first kappa shape index (κ1) is 13.6. The number of nitrogens with one attached hydrogen (secondary N) is 1. The van der Waals surface area contributed by atoms with E-state index in [1.54, 1.807) is 0 Å². The van der Waals surface area contributed by atoms with E-state index in [1.807, 2.05) is 0 Å². The molecule has 1 nitrogen and oxygen atoms in total. The molecule has 1 saturated carbocycles. The molecule has 1 aromatic carbocycles. The summed E-state index contributed by atoms with van der Waals surface area (Å²) in [6.07, 6.45) is 5.42. The Bertz CT molecular complexity index is 377. The van der Waals surface area contributed by atoms with Gasteiger partial charge >= 0.3 is 0 Å². The zero-order valence-electron chi connectivity index (χ0n) is 12.3. The standard InChI is InChI=1S/C17H27N/c1-16(2,3)15-9-7-14(8-10-15)13-18-17(4)11-5-6-12-17/h7-10,18H,5-6,11-13H2,1-4H3. The van der Waals surface area contributed by atoms with Crippen LogP contribution in [0.2, 0.25) is 0 Å². The van der Waals surface area contributed by atoms with Crippen LogP contribution in [0.4, 0.5) is 0 Å². The van der Waals surface area contributed by atoms with Crippen molar-refractivity contribution in [1.82, 2.24) is 5.32 Å². The van der Waals surface area contributed by atoms with E-state index in [0.717, 1.165) is 6.54 Å². The summed E-state index contributed by atoms with van der Waals surface area (Å²) < 4.78 is 0. The van der Waals surface area contributed by atoms with Crippen LogP contribution >= 0.6 is 0 Å². The van der Waals surface area contributed by atoms with Gasteiger partial charge in [0.25, 0.3) is 0 Å². The molecule has 2 rings (SSSR count). The van der Waals surface area contributed by atoms with Crippen molar-refractivity contribution in [3.05, 3.63) is 35.4 Å². The van der Waals surface area contributed by atoms with Crippen LogP contribution in [0.15, 0.2) is 24.3 Å². The van der Waals surface area contributed by atoms with Gasteiger partial charge in [-0.2, -0.15) is 0 Å². The van der Waals surface area contributed by atoms with E-state index in [2.05, 4.69) is 57.3 Å². The molecule has 0 amide bonds. The highest BCUT2D eigenvalue weighted by Gasteiger charge is 2.27. The Balaban J connectivity index is 1.94. The molecule has 0 atom stereocenters. The zero-order valence-corrected chi connectivity index (χ0v) is 12.3. The first-order valence-corrected chi connectivity index (χ1v) is 7.24. The Hall–Kier alpha value is -0.820. The number of rotatable bonds is 3. The van der Waals surface area contributed by atoms with Crippen LogP contribution < -0.4 is 5.32 Å². The molecule has 1 aliphatic rings. The summed E-state index contributed by atoms with van der Waals surface area (Å²) in [5, 5.41) is 3.73. The van der Waals surface area contributed by atoms with E-state index >= 15 is 0 Å². The van der Waals surface area contributed by atoms with Gasteiger partial charge in [0.1, 0.15) is 0 Å². The molecular formula is C17H27N. The molecule has 0 saturated heterocycles. The van der Waals surface area contributed by atoms with E-state index in [9.17, 15) is 0 Å². The molecular weight excluding hydrogens is 218 g/mol. The molecule has 0 aromatic heterocycles. The maximum atomic E-state index is 3.73. The van der Waals surface area contributed by atoms with Crippen LogP contribution in [0.5, 0.6) is 0 Å². The van der Waals surface area contributed by atoms with Gasteiger partial charge in [-0.3, -0.25) is 0 Å². The third-order valence-electron chi connectivity index (χ3n) is 4.25. The lowest BCUT2D eigenvalue weighted by molar-refractivity contribution is 0.362. The van der Waals surface area contributed by atoms with Crippen LogP contribution in [0.25, 0.3) is 0 Å². The highest BCUT2D eigenvalue weighted by molar-refractivity contribution is 5.27. The van der Waals surface area contributed by atoms with E-state index in [-0.39, 0.29) is 5.41 Å². The molecule has 0 heterocycles. The lowest BCUT2D eigenvalue weighted by atomic mass is 9.86. The quantitative estimate of drug-likeness (QED) is 0.832. The first-order valence-electron chi connectivity index (χ1n) is 7.24. The highest BCUT2D eigenvalue weighted by Crippen LogP contribution is 2.29. The molecule has 0 unspecified atom stereocenters. The molecule has 1 aromatic rings. The topological polar surface area (TPSA) is 12.0 Å². The molecule has 0 bridgehead atoms. The monoisotopic (exact) mass is 245 g/mol. The minimum absolute atomic E-state index is 0.253. The average molecular weight is 245 g/mol. The zero-order chi connectivity index (χ0) is 13.2. The molecule has 1 N–H and O–H groups in total. The molecule has 100 valence electrons. The van der Waals surface area contributed by atoms with Gasteiger partial charge in [0.2, 0.25) is 0 Å². The molecule has 1 heteroatoms. The van der Waals surface area contributed by atoms with Gasteiger partial charge in [-0.05, 0) is 36.3 Å². The van der Waals surface area contributed by atoms with E-state index in [0.29, 0.717) is 5.54 Å². The van der Waals surface area contributed by atoms with E-state index < -0.39 is 0 Å². The second-order valence-electron chi connectivity index (χ2n) is 7.07. The van der Waals surface area contributed by atoms with Crippen LogP contribution in [0.3, 0.4) is 0 Å². The van der Waals surface area contributed by atoms with Crippen molar-refractivity contribution in [3.8, 4) is 0 Å². The van der Waals surface area contributed by atoms with Crippen LogP contribution in [-0.4, -0.2) is 5.54 Å². The van der Waals surface area contributed by atoms with Crippen molar-refractivity contribution in [1.29, 1.82) is 0 Å². The highest BCUT2D eigenvalue weighted by atomic mass is 15.0. The molecule has 0 aliphatic heterocycles. The second-order valence-corrected chi connectivity index (χ2v) is 7.07. The van der Waals surface area contributed by atoms with Gasteiger partial charge in [-0.25, -0.2) is 0 Å². The summed E-state index contributed by atoms with van der Waals surface area (Å²) in [6, 6.07) is 9.08. The summed E-state index contributed by atoms with van der Waals surface area (Å²) in [5.74, 6) is 0. The summed E-state index contributed by atoms with van der Waals surface area (Å²) in [5.41, 5.74) is 3.45. The maximum absolute atomic E-state index is 3.73. The third-order valence-corrected chi connectivity index (χ3v) is 4.25. The first-order chi connectivity index (χ1) is 8.39. The number of benzene rings is 1. The summed E-state index contributed by atoms with van der Waals surface area (Å²) in [6.45, 7) is 10.2. The van der Waals surface area contributed by atoms with Crippen LogP contribution in [-0.2, 0) is 12.0 Å². The normalized spacial score (nSPS) is 19.1. The molecule has 0 radical (unpaired) electrons. The fraction of sp³-hybridized carbons (Fsp3) is 0.647.